The monoisotopic (exact) mass is 432 g/mol. The zero-order valence-corrected chi connectivity index (χ0v) is 18.3. The van der Waals surface area contributed by atoms with Crippen molar-refractivity contribution in [2.45, 2.75) is 30.6 Å². The number of nitrogens with zero attached hydrogens (tertiary/aromatic N) is 1. The van der Waals surface area contributed by atoms with Crippen LogP contribution in [0.1, 0.15) is 24.8 Å². The molecule has 2 aromatic rings. The number of hydrogen-bond donors (Lipinski definition) is 1. The fraction of sp³-hybridized carbons (Fsp3) is 0.409. The van der Waals surface area contributed by atoms with Gasteiger partial charge in [0.25, 0.3) is 0 Å². The lowest BCUT2D eigenvalue weighted by Gasteiger charge is -2.31. The zero-order chi connectivity index (χ0) is 20.7. The van der Waals surface area contributed by atoms with Gasteiger partial charge in [0.05, 0.1) is 17.4 Å². The van der Waals surface area contributed by atoms with Crippen LogP contribution in [0.3, 0.4) is 0 Å². The standard InChI is InChI=1S/C22H28N2O3S2/c1-28-21-14-6-5-13-20(21)23-22(25)19-12-7-15-24(17-19)29(26,27)16-8-11-18-9-3-2-4-10-18/h2-6,9-10,13-14,19H,7-8,11-12,15-17H2,1H3,(H,23,25)/t19-/m0/s1. The van der Waals surface area contributed by atoms with Crippen LogP contribution in [0.4, 0.5) is 5.69 Å². The second-order valence-electron chi connectivity index (χ2n) is 7.29. The van der Waals surface area contributed by atoms with E-state index in [0.29, 0.717) is 25.8 Å². The number of rotatable bonds is 8. The fourth-order valence-corrected chi connectivity index (χ4v) is 5.76. The van der Waals surface area contributed by atoms with Gasteiger partial charge < -0.3 is 5.32 Å². The molecule has 0 saturated carbocycles. The van der Waals surface area contributed by atoms with Crippen molar-refractivity contribution in [2.24, 2.45) is 5.92 Å². The second kappa shape index (κ2) is 10.3. The van der Waals surface area contributed by atoms with Crippen LogP contribution in [-0.2, 0) is 21.2 Å². The number of aryl methyl sites for hydroxylation is 1. The van der Waals surface area contributed by atoms with Gasteiger partial charge in [0.2, 0.25) is 15.9 Å². The Morgan fingerprint density at radius 2 is 1.86 bits per heavy atom. The lowest BCUT2D eigenvalue weighted by molar-refractivity contribution is -0.120. The number of thioether (sulfide) groups is 1. The van der Waals surface area contributed by atoms with E-state index in [2.05, 4.69) is 5.32 Å². The maximum absolute atomic E-state index is 12.8. The number of benzene rings is 2. The fourth-order valence-electron chi connectivity index (χ4n) is 3.62. The van der Waals surface area contributed by atoms with Crippen LogP contribution in [0.25, 0.3) is 0 Å². The lowest BCUT2D eigenvalue weighted by atomic mass is 9.99. The van der Waals surface area contributed by atoms with Gasteiger partial charge >= 0.3 is 0 Å². The van der Waals surface area contributed by atoms with Crippen LogP contribution in [0.15, 0.2) is 59.5 Å². The molecule has 1 heterocycles. The van der Waals surface area contributed by atoms with Crippen molar-refractivity contribution in [3.05, 3.63) is 60.2 Å². The molecule has 3 rings (SSSR count). The number of carbonyl (C=O) groups excluding carboxylic acids is 1. The molecule has 0 unspecified atom stereocenters. The van der Waals surface area contributed by atoms with Crippen LogP contribution in [0, 0.1) is 5.92 Å². The molecule has 0 aromatic heterocycles. The number of carbonyl (C=O) groups is 1. The molecule has 0 spiro atoms. The Hall–Kier alpha value is -1.83. The van der Waals surface area contributed by atoms with E-state index in [-0.39, 0.29) is 24.1 Å². The van der Waals surface area contributed by atoms with E-state index in [4.69, 9.17) is 0 Å². The van der Waals surface area contributed by atoms with E-state index < -0.39 is 10.0 Å². The van der Waals surface area contributed by atoms with Gasteiger partial charge in [0.1, 0.15) is 0 Å². The van der Waals surface area contributed by atoms with Crippen LogP contribution < -0.4 is 5.32 Å². The Bertz CT molecular complexity index is 917. The molecule has 7 heteroatoms. The maximum Gasteiger partial charge on any atom is 0.228 e. The topological polar surface area (TPSA) is 66.5 Å². The molecule has 29 heavy (non-hydrogen) atoms. The maximum atomic E-state index is 12.8. The van der Waals surface area contributed by atoms with E-state index >= 15 is 0 Å². The second-order valence-corrected chi connectivity index (χ2v) is 10.2. The van der Waals surface area contributed by atoms with E-state index in [1.165, 1.54) is 4.31 Å². The van der Waals surface area contributed by atoms with Gasteiger partial charge in [-0.15, -0.1) is 11.8 Å². The summed E-state index contributed by atoms with van der Waals surface area (Å²) in [5.41, 5.74) is 1.93. The molecule has 0 aliphatic carbocycles. The number of anilines is 1. The predicted octanol–water partition coefficient (Wildman–Crippen LogP) is 4.02. The van der Waals surface area contributed by atoms with Crippen LogP contribution in [-0.4, -0.2) is 43.7 Å². The van der Waals surface area contributed by atoms with Crippen molar-refractivity contribution in [1.29, 1.82) is 0 Å². The van der Waals surface area contributed by atoms with Crippen LogP contribution >= 0.6 is 11.8 Å². The molecule has 0 bridgehead atoms. The number of hydrogen-bond acceptors (Lipinski definition) is 4. The molecule has 1 atom stereocenters. The molecule has 5 nitrogen and oxygen atoms in total. The number of amides is 1. The summed E-state index contributed by atoms with van der Waals surface area (Å²) in [6.07, 6.45) is 4.71. The van der Waals surface area contributed by atoms with Gasteiger partial charge in [-0.25, -0.2) is 12.7 Å². The summed E-state index contributed by atoms with van der Waals surface area (Å²) in [6, 6.07) is 17.6. The highest BCUT2D eigenvalue weighted by molar-refractivity contribution is 7.98. The average molecular weight is 433 g/mol. The molecule has 156 valence electrons. The quantitative estimate of drug-likeness (QED) is 0.640. The smallest absolute Gasteiger partial charge is 0.228 e. The minimum absolute atomic E-state index is 0.101. The Morgan fingerprint density at radius 1 is 1.14 bits per heavy atom. The zero-order valence-electron chi connectivity index (χ0n) is 16.7. The summed E-state index contributed by atoms with van der Waals surface area (Å²) in [7, 11) is -3.36. The Kier molecular flexibility index (Phi) is 7.75. The Labute approximate surface area is 177 Å². The molecule has 1 fully saturated rings. The van der Waals surface area contributed by atoms with Crippen molar-refractivity contribution in [2.75, 3.05) is 30.4 Å². The summed E-state index contributed by atoms with van der Waals surface area (Å²) in [5, 5.41) is 2.99. The molecule has 1 aliphatic heterocycles. The highest BCUT2D eigenvalue weighted by Gasteiger charge is 2.32. The summed E-state index contributed by atoms with van der Waals surface area (Å²) < 4.78 is 27.1. The Balaban J connectivity index is 1.56. The largest absolute Gasteiger partial charge is 0.325 e. The molecule has 1 amide bonds. The first-order valence-corrected chi connectivity index (χ1v) is 12.8. The average Bonchev–Trinajstić information content (AvgIpc) is 2.75. The van der Waals surface area contributed by atoms with E-state index in [1.807, 2.05) is 60.9 Å². The van der Waals surface area contributed by atoms with Crippen molar-refractivity contribution in [3.8, 4) is 0 Å². The van der Waals surface area contributed by atoms with Gasteiger partial charge in [-0.05, 0) is 49.6 Å². The van der Waals surface area contributed by atoms with Crippen LogP contribution in [0.5, 0.6) is 0 Å². The first kappa shape index (κ1) is 21.9. The van der Waals surface area contributed by atoms with Gasteiger partial charge in [0, 0.05) is 18.0 Å². The molecule has 1 N–H and O–H groups in total. The molecule has 2 aromatic carbocycles. The third kappa shape index (κ3) is 6.07. The summed E-state index contributed by atoms with van der Waals surface area (Å²) in [6.45, 7) is 0.764. The highest BCUT2D eigenvalue weighted by atomic mass is 32.2. The number of para-hydroxylation sites is 1. The van der Waals surface area contributed by atoms with Crippen molar-refractivity contribution in [1.82, 2.24) is 4.31 Å². The van der Waals surface area contributed by atoms with Crippen molar-refractivity contribution < 1.29 is 13.2 Å². The molecular weight excluding hydrogens is 404 g/mol. The van der Waals surface area contributed by atoms with Gasteiger partial charge in [-0.1, -0.05) is 42.5 Å². The predicted molar refractivity (Wildman–Crippen MR) is 120 cm³/mol. The normalized spacial score (nSPS) is 17.8. The Morgan fingerprint density at radius 3 is 2.62 bits per heavy atom. The number of piperidine rings is 1. The third-order valence-electron chi connectivity index (χ3n) is 5.22. The van der Waals surface area contributed by atoms with Gasteiger partial charge in [-0.2, -0.15) is 0 Å². The van der Waals surface area contributed by atoms with Gasteiger partial charge in [-0.3, -0.25) is 4.79 Å². The van der Waals surface area contributed by atoms with E-state index in [9.17, 15) is 13.2 Å². The van der Waals surface area contributed by atoms with Crippen LogP contribution in [0.2, 0.25) is 0 Å². The minimum atomic E-state index is -3.36. The van der Waals surface area contributed by atoms with E-state index in [1.54, 1.807) is 11.8 Å². The minimum Gasteiger partial charge on any atom is -0.325 e. The number of sulfonamides is 1. The first-order chi connectivity index (χ1) is 14.0. The first-order valence-electron chi connectivity index (χ1n) is 9.95. The van der Waals surface area contributed by atoms with Crippen molar-refractivity contribution in [3.63, 3.8) is 0 Å². The highest BCUT2D eigenvalue weighted by Crippen LogP contribution is 2.27. The van der Waals surface area contributed by atoms with Crippen molar-refractivity contribution >= 4 is 33.4 Å². The summed E-state index contributed by atoms with van der Waals surface area (Å²) in [5.74, 6) is -0.302. The molecule has 0 radical (unpaired) electrons. The molecule has 1 saturated heterocycles. The van der Waals surface area contributed by atoms with Gasteiger partial charge in [0.15, 0.2) is 0 Å². The lowest BCUT2D eigenvalue weighted by Crippen LogP contribution is -2.44. The summed E-state index contributed by atoms with van der Waals surface area (Å²) >= 11 is 1.58. The molecular formula is C22H28N2O3S2. The van der Waals surface area contributed by atoms with E-state index in [0.717, 1.165) is 22.6 Å². The SMILES string of the molecule is CSc1ccccc1NC(=O)[C@H]1CCCN(S(=O)(=O)CCCc2ccccc2)C1. The molecule has 1 aliphatic rings. The summed E-state index contributed by atoms with van der Waals surface area (Å²) in [4.78, 5) is 13.8. The number of nitrogens with one attached hydrogen (secondary N) is 1. The third-order valence-corrected chi connectivity index (χ3v) is 7.94.